The third-order valence-corrected chi connectivity index (χ3v) is 3.67. The van der Waals surface area contributed by atoms with Crippen LogP contribution in [-0.4, -0.2) is 47.0 Å². The summed E-state index contributed by atoms with van der Waals surface area (Å²) >= 11 is 0. The minimum atomic E-state index is -0.120. The van der Waals surface area contributed by atoms with E-state index >= 15 is 0 Å². The maximum absolute atomic E-state index is 11.4. The lowest BCUT2D eigenvalue weighted by Crippen LogP contribution is -2.45. The second-order valence-corrected chi connectivity index (χ2v) is 5.06. The molecule has 0 radical (unpaired) electrons. The predicted octanol–water partition coefficient (Wildman–Crippen LogP) is 0.525. The van der Waals surface area contributed by atoms with Crippen LogP contribution in [0.5, 0.6) is 0 Å². The van der Waals surface area contributed by atoms with Gasteiger partial charge in [0.25, 0.3) is 5.56 Å². The third kappa shape index (κ3) is 3.13. The zero-order valence-corrected chi connectivity index (χ0v) is 11.6. The molecule has 1 amide bonds. The van der Waals surface area contributed by atoms with E-state index in [1.165, 1.54) is 6.07 Å². The van der Waals surface area contributed by atoms with Crippen molar-refractivity contribution < 1.29 is 4.79 Å². The smallest absolute Gasteiger partial charge is 0.252 e. The normalized spacial score (nSPS) is 16.5. The number of rotatable bonds is 2. The Balaban J connectivity index is 2.03. The van der Waals surface area contributed by atoms with Crippen molar-refractivity contribution in [3.63, 3.8) is 0 Å². The summed E-state index contributed by atoms with van der Waals surface area (Å²) in [7, 11) is 1.84. The van der Waals surface area contributed by atoms with E-state index in [-0.39, 0.29) is 17.5 Å². The summed E-state index contributed by atoms with van der Waals surface area (Å²) in [4.78, 5) is 33.8. The zero-order chi connectivity index (χ0) is 14.0. The number of amides is 1. The molecule has 0 atom stereocenters. The summed E-state index contributed by atoms with van der Waals surface area (Å²) in [6, 6.07) is 1.77. The summed E-state index contributed by atoms with van der Waals surface area (Å²) in [6.45, 7) is 5.00. The van der Waals surface area contributed by atoms with Gasteiger partial charge in [0.15, 0.2) is 0 Å². The second kappa shape index (κ2) is 5.42. The van der Waals surface area contributed by atoms with Gasteiger partial charge in [0.2, 0.25) is 11.9 Å². The van der Waals surface area contributed by atoms with Crippen LogP contribution >= 0.6 is 0 Å². The van der Waals surface area contributed by atoms with Crippen LogP contribution in [0.4, 0.5) is 5.95 Å². The summed E-state index contributed by atoms with van der Waals surface area (Å²) < 4.78 is 0. The fourth-order valence-electron chi connectivity index (χ4n) is 2.44. The molecule has 6 nitrogen and oxygen atoms in total. The number of piperidine rings is 1. The van der Waals surface area contributed by atoms with Crippen LogP contribution < -0.4 is 10.5 Å². The van der Waals surface area contributed by atoms with Crippen LogP contribution in [0.2, 0.25) is 0 Å². The lowest BCUT2D eigenvalue weighted by Gasteiger charge is -2.36. The van der Waals surface area contributed by atoms with Crippen LogP contribution in [0.15, 0.2) is 10.9 Å². The highest BCUT2D eigenvalue weighted by Gasteiger charge is 2.24. The minimum absolute atomic E-state index is 0.0977. The first kappa shape index (κ1) is 13.6. The maximum Gasteiger partial charge on any atom is 0.252 e. The van der Waals surface area contributed by atoms with Gasteiger partial charge in [-0.15, -0.1) is 0 Å². The van der Waals surface area contributed by atoms with Crippen molar-refractivity contribution >= 4 is 11.9 Å². The number of hydrogen-bond acceptors (Lipinski definition) is 4. The molecule has 0 saturated carbocycles. The first-order chi connectivity index (χ1) is 8.97. The van der Waals surface area contributed by atoms with Crippen molar-refractivity contribution in [3.05, 3.63) is 22.1 Å². The van der Waals surface area contributed by atoms with Gasteiger partial charge < -0.3 is 9.80 Å². The van der Waals surface area contributed by atoms with Gasteiger partial charge in [-0.05, 0) is 19.8 Å². The molecule has 0 aliphatic carbocycles. The van der Waals surface area contributed by atoms with Crippen LogP contribution in [0.1, 0.15) is 25.5 Å². The summed E-state index contributed by atoms with van der Waals surface area (Å²) in [6.07, 6.45) is 1.79. The third-order valence-electron chi connectivity index (χ3n) is 3.67. The van der Waals surface area contributed by atoms with Crippen molar-refractivity contribution in [1.29, 1.82) is 0 Å². The summed E-state index contributed by atoms with van der Waals surface area (Å²) in [5, 5.41) is 0. The number of anilines is 1. The van der Waals surface area contributed by atoms with E-state index in [9.17, 15) is 9.59 Å². The zero-order valence-electron chi connectivity index (χ0n) is 11.6. The first-order valence-corrected chi connectivity index (χ1v) is 6.53. The monoisotopic (exact) mass is 264 g/mol. The molecule has 0 spiro atoms. The Morgan fingerprint density at radius 1 is 1.47 bits per heavy atom. The number of nitrogens with one attached hydrogen (secondary N) is 1. The van der Waals surface area contributed by atoms with E-state index < -0.39 is 0 Å². The molecule has 19 heavy (non-hydrogen) atoms. The minimum Gasteiger partial charge on any atom is -0.343 e. The predicted molar refractivity (Wildman–Crippen MR) is 73.3 cm³/mol. The van der Waals surface area contributed by atoms with E-state index in [2.05, 4.69) is 14.9 Å². The SMILES string of the molecule is CC(=O)N(C)C1CCN(c2nc(C)cc(=O)[nH]2)CC1. The van der Waals surface area contributed by atoms with Gasteiger partial charge in [0.05, 0.1) is 0 Å². The van der Waals surface area contributed by atoms with Gasteiger partial charge in [-0.25, -0.2) is 4.98 Å². The first-order valence-electron chi connectivity index (χ1n) is 6.53. The van der Waals surface area contributed by atoms with Gasteiger partial charge in [-0.2, -0.15) is 0 Å². The van der Waals surface area contributed by atoms with Gasteiger partial charge >= 0.3 is 0 Å². The number of aromatic nitrogens is 2. The Morgan fingerprint density at radius 2 is 2.11 bits per heavy atom. The lowest BCUT2D eigenvalue weighted by molar-refractivity contribution is -0.129. The van der Waals surface area contributed by atoms with Crippen molar-refractivity contribution in [2.75, 3.05) is 25.0 Å². The van der Waals surface area contributed by atoms with E-state index in [0.717, 1.165) is 31.6 Å². The van der Waals surface area contributed by atoms with Gasteiger partial charge in [0.1, 0.15) is 0 Å². The number of aryl methyl sites for hydroxylation is 1. The molecule has 1 fully saturated rings. The van der Waals surface area contributed by atoms with Gasteiger partial charge in [0, 0.05) is 44.9 Å². The molecule has 0 aromatic carbocycles. The van der Waals surface area contributed by atoms with Crippen LogP contribution in [-0.2, 0) is 4.79 Å². The second-order valence-electron chi connectivity index (χ2n) is 5.06. The van der Waals surface area contributed by atoms with E-state index in [1.54, 1.807) is 11.8 Å². The van der Waals surface area contributed by atoms with E-state index in [1.807, 2.05) is 14.0 Å². The van der Waals surface area contributed by atoms with Gasteiger partial charge in [-0.1, -0.05) is 0 Å². The summed E-state index contributed by atoms with van der Waals surface area (Å²) in [5.41, 5.74) is 0.604. The van der Waals surface area contributed by atoms with E-state index in [0.29, 0.717) is 5.95 Å². The highest BCUT2D eigenvalue weighted by molar-refractivity contribution is 5.73. The molecular formula is C13H20N4O2. The Hall–Kier alpha value is -1.85. The molecule has 1 aromatic rings. The van der Waals surface area contributed by atoms with Crippen molar-refractivity contribution in [2.24, 2.45) is 0 Å². The molecule has 2 rings (SSSR count). The number of nitrogens with zero attached hydrogens (tertiary/aromatic N) is 3. The number of aromatic amines is 1. The van der Waals surface area contributed by atoms with Crippen LogP contribution in [0, 0.1) is 6.92 Å². The molecular weight excluding hydrogens is 244 g/mol. The highest BCUT2D eigenvalue weighted by Crippen LogP contribution is 2.18. The lowest BCUT2D eigenvalue weighted by atomic mass is 10.0. The molecule has 2 heterocycles. The Labute approximate surface area is 112 Å². The number of carbonyl (C=O) groups excluding carboxylic acids is 1. The topological polar surface area (TPSA) is 69.3 Å². The molecule has 1 aliphatic rings. The fraction of sp³-hybridized carbons (Fsp3) is 0.615. The number of hydrogen-bond donors (Lipinski definition) is 1. The molecule has 1 N–H and O–H groups in total. The van der Waals surface area contributed by atoms with Gasteiger partial charge in [-0.3, -0.25) is 14.6 Å². The molecule has 0 unspecified atom stereocenters. The molecule has 1 saturated heterocycles. The maximum atomic E-state index is 11.4. The average Bonchev–Trinajstić information content (AvgIpc) is 2.37. The Kier molecular flexibility index (Phi) is 3.87. The van der Waals surface area contributed by atoms with Crippen LogP contribution in [0.25, 0.3) is 0 Å². The van der Waals surface area contributed by atoms with Crippen molar-refractivity contribution in [3.8, 4) is 0 Å². The average molecular weight is 264 g/mol. The van der Waals surface area contributed by atoms with Crippen molar-refractivity contribution in [1.82, 2.24) is 14.9 Å². The Bertz CT molecular complexity index is 518. The van der Waals surface area contributed by atoms with E-state index in [4.69, 9.17) is 0 Å². The molecule has 6 heteroatoms. The van der Waals surface area contributed by atoms with Crippen molar-refractivity contribution in [2.45, 2.75) is 32.7 Å². The number of carbonyl (C=O) groups is 1. The largest absolute Gasteiger partial charge is 0.343 e. The highest BCUT2D eigenvalue weighted by atomic mass is 16.2. The number of H-pyrrole nitrogens is 1. The van der Waals surface area contributed by atoms with Crippen LogP contribution in [0.3, 0.4) is 0 Å². The standard InChI is InChI=1S/C13H20N4O2/c1-9-8-12(19)15-13(14-9)17-6-4-11(5-7-17)16(3)10(2)18/h8,11H,4-7H2,1-3H3,(H,14,15,19). The summed E-state index contributed by atoms with van der Waals surface area (Å²) in [5.74, 6) is 0.731. The molecule has 104 valence electrons. The molecule has 1 aromatic heterocycles. The molecule has 1 aliphatic heterocycles. The Morgan fingerprint density at radius 3 is 2.63 bits per heavy atom. The fourth-order valence-corrected chi connectivity index (χ4v) is 2.44. The molecule has 0 bridgehead atoms. The quantitative estimate of drug-likeness (QED) is 0.845.